The molecule has 172 valence electrons. The van der Waals surface area contributed by atoms with Crippen LogP contribution in [0.2, 0.25) is 0 Å². The van der Waals surface area contributed by atoms with Crippen LogP contribution in [-0.4, -0.2) is 55.3 Å². The fourth-order valence-electron chi connectivity index (χ4n) is 4.06. The fourth-order valence-corrected chi connectivity index (χ4v) is 4.06. The van der Waals surface area contributed by atoms with Gasteiger partial charge in [-0.15, -0.1) is 12.4 Å². The normalized spacial score (nSPS) is 15.1. The summed E-state index contributed by atoms with van der Waals surface area (Å²) in [6, 6.07) is 24.1. The monoisotopic (exact) mass is 466 g/mol. The second-order valence-corrected chi connectivity index (χ2v) is 8.02. The molecule has 2 aliphatic heterocycles. The Kier molecular flexibility index (Phi) is 7.37. The lowest BCUT2D eigenvalue weighted by atomic mass is 10.1. The molecule has 0 unspecified atom stereocenters. The standard InChI is InChI=1S/C26H26N2O4.ClH/c29-26(18-30-23-9-7-22(8-10-23)21-4-2-1-3-5-21)28-14-12-27(13-15-28)17-20-6-11-24-25(16-20)32-19-31-24;/h1-11,16H,12-15,17-19H2;1H. The molecule has 2 heterocycles. The number of amides is 1. The number of nitrogens with zero attached hydrogens (tertiary/aromatic N) is 2. The lowest BCUT2D eigenvalue weighted by molar-refractivity contribution is -0.135. The van der Waals surface area contributed by atoms with E-state index in [1.165, 1.54) is 5.56 Å². The molecular formula is C26H27ClN2O4. The molecule has 1 saturated heterocycles. The van der Waals surface area contributed by atoms with Crippen molar-refractivity contribution in [2.24, 2.45) is 0 Å². The molecule has 0 atom stereocenters. The molecule has 0 aliphatic carbocycles. The third-order valence-electron chi connectivity index (χ3n) is 5.89. The Morgan fingerprint density at radius 2 is 1.52 bits per heavy atom. The smallest absolute Gasteiger partial charge is 0.260 e. The van der Waals surface area contributed by atoms with Crippen LogP contribution < -0.4 is 14.2 Å². The van der Waals surface area contributed by atoms with Crippen LogP contribution in [0.5, 0.6) is 17.2 Å². The molecule has 3 aromatic carbocycles. The molecule has 33 heavy (non-hydrogen) atoms. The largest absolute Gasteiger partial charge is 0.484 e. The first kappa shape index (κ1) is 23.0. The third-order valence-corrected chi connectivity index (χ3v) is 5.89. The Balaban J connectivity index is 0.00000259. The van der Waals surface area contributed by atoms with E-state index in [1.807, 2.05) is 59.5 Å². The minimum absolute atomic E-state index is 0. The Labute approximate surface area is 200 Å². The van der Waals surface area contributed by atoms with Gasteiger partial charge in [0.05, 0.1) is 0 Å². The summed E-state index contributed by atoms with van der Waals surface area (Å²) in [7, 11) is 0. The van der Waals surface area contributed by atoms with E-state index in [1.54, 1.807) is 0 Å². The molecule has 2 aliphatic rings. The molecule has 7 heteroatoms. The maximum Gasteiger partial charge on any atom is 0.260 e. The van der Waals surface area contributed by atoms with Crippen LogP contribution >= 0.6 is 12.4 Å². The zero-order chi connectivity index (χ0) is 21.8. The van der Waals surface area contributed by atoms with E-state index in [0.29, 0.717) is 25.6 Å². The number of hydrogen-bond donors (Lipinski definition) is 0. The Hall–Kier alpha value is -3.22. The lowest BCUT2D eigenvalue weighted by Crippen LogP contribution is -2.49. The van der Waals surface area contributed by atoms with Crippen LogP contribution in [0.25, 0.3) is 11.1 Å². The second kappa shape index (κ2) is 10.6. The number of hydrogen-bond acceptors (Lipinski definition) is 5. The number of ether oxygens (including phenoxy) is 3. The van der Waals surface area contributed by atoms with Gasteiger partial charge in [0.2, 0.25) is 6.79 Å². The maximum absolute atomic E-state index is 12.6. The molecule has 1 fully saturated rings. The number of halogens is 1. The van der Waals surface area contributed by atoms with Crippen LogP contribution in [0.3, 0.4) is 0 Å². The zero-order valence-electron chi connectivity index (χ0n) is 18.3. The predicted octanol–water partition coefficient (Wildman–Crippen LogP) is 4.23. The van der Waals surface area contributed by atoms with Crippen molar-refractivity contribution in [3.8, 4) is 28.4 Å². The Morgan fingerprint density at radius 3 is 2.27 bits per heavy atom. The van der Waals surface area contributed by atoms with Crippen molar-refractivity contribution in [1.29, 1.82) is 0 Å². The average molecular weight is 467 g/mol. The molecule has 0 aromatic heterocycles. The number of piperazine rings is 1. The van der Waals surface area contributed by atoms with E-state index in [9.17, 15) is 4.79 Å². The van der Waals surface area contributed by atoms with Crippen molar-refractivity contribution in [2.45, 2.75) is 6.54 Å². The zero-order valence-corrected chi connectivity index (χ0v) is 19.1. The highest BCUT2D eigenvalue weighted by Gasteiger charge is 2.22. The summed E-state index contributed by atoms with van der Waals surface area (Å²) in [5.74, 6) is 2.35. The summed E-state index contributed by atoms with van der Waals surface area (Å²) < 4.78 is 16.6. The van der Waals surface area contributed by atoms with Crippen molar-refractivity contribution >= 4 is 18.3 Å². The highest BCUT2D eigenvalue weighted by molar-refractivity contribution is 5.85. The van der Waals surface area contributed by atoms with Gasteiger partial charge in [0.1, 0.15) is 5.75 Å². The SMILES string of the molecule is Cl.O=C(COc1ccc(-c2ccccc2)cc1)N1CCN(Cc2ccc3c(c2)OCO3)CC1. The number of carbonyl (C=O) groups is 1. The molecular weight excluding hydrogens is 440 g/mol. The summed E-state index contributed by atoms with van der Waals surface area (Å²) in [6.45, 7) is 4.28. The van der Waals surface area contributed by atoms with Gasteiger partial charge in [-0.1, -0.05) is 48.5 Å². The van der Waals surface area contributed by atoms with Gasteiger partial charge in [-0.2, -0.15) is 0 Å². The molecule has 3 aromatic rings. The van der Waals surface area contributed by atoms with Gasteiger partial charge >= 0.3 is 0 Å². The van der Waals surface area contributed by atoms with Gasteiger partial charge in [0.15, 0.2) is 18.1 Å². The minimum atomic E-state index is 0. The molecule has 0 saturated carbocycles. The van der Waals surface area contributed by atoms with Crippen molar-refractivity contribution in [3.63, 3.8) is 0 Å². The summed E-state index contributed by atoms with van der Waals surface area (Å²) >= 11 is 0. The van der Waals surface area contributed by atoms with Crippen LogP contribution in [0.15, 0.2) is 72.8 Å². The predicted molar refractivity (Wildman–Crippen MR) is 129 cm³/mol. The van der Waals surface area contributed by atoms with E-state index in [0.717, 1.165) is 42.3 Å². The summed E-state index contributed by atoms with van der Waals surface area (Å²) in [5.41, 5.74) is 3.48. The second-order valence-electron chi connectivity index (χ2n) is 8.02. The van der Waals surface area contributed by atoms with Gasteiger partial charge in [0, 0.05) is 32.7 Å². The van der Waals surface area contributed by atoms with Gasteiger partial charge < -0.3 is 19.1 Å². The van der Waals surface area contributed by atoms with Gasteiger partial charge in [-0.3, -0.25) is 9.69 Å². The Bertz CT molecular complexity index is 1070. The quantitative estimate of drug-likeness (QED) is 0.544. The maximum atomic E-state index is 12.6. The Morgan fingerprint density at radius 1 is 0.818 bits per heavy atom. The van der Waals surface area contributed by atoms with Crippen LogP contribution in [0.4, 0.5) is 0 Å². The lowest BCUT2D eigenvalue weighted by Gasteiger charge is -2.34. The fraction of sp³-hybridized carbons (Fsp3) is 0.269. The molecule has 0 radical (unpaired) electrons. The summed E-state index contributed by atoms with van der Waals surface area (Å²) in [4.78, 5) is 16.8. The molecule has 0 spiro atoms. The number of carbonyl (C=O) groups excluding carboxylic acids is 1. The van der Waals surface area contributed by atoms with Crippen LogP contribution in [-0.2, 0) is 11.3 Å². The molecule has 5 rings (SSSR count). The minimum Gasteiger partial charge on any atom is -0.484 e. The molecule has 0 bridgehead atoms. The van der Waals surface area contributed by atoms with Crippen LogP contribution in [0.1, 0.15) is 5.56 Å². The number of rotatable bonds is 6. The summed E-state index contributed by atoms with van der Waals surface area (Å²) in [5, 5.41) is 0. The number of benzene rings is 3. The van der Waals surface area contributed by atoms with Crippen molar-refractivity contribution < 1.29 is 19.0 Å². The highest BCUT2D eigenvalue weighted by Crippen LogP contribution is 2.32. The van der Waals surface area contributed by atoms with E-state index in [2.05, 4.69) is 23.1 Å². The van der Waals surface area contributed by atoms with E-state index < -0.39 is 0 Å². The van der Waals surface area contributed by atoms with Crippen molar-refractivity contribution in [1.82, 2.24) is 9.80 Å². The number of fused-ring (bicyclic) bond motifs is 1. The molecule has 0 N–H and O–H groups in total. The summed E-state index contributed by atoms with van der Waals surface area (Å²) in [6.07, 6.45) is 0. The van der Waals surface area contributed by atoms with Gasteiger partial charge in [0.25, 0.3) is 5.91 Å². The topological polar surface area (TPSA) is 51.2 Å². The molecule has 1 amide bonds. The first-order valence-electron chi connectivity index (χ1n) is 10.9. The van der Waals surface area contributed by atoms with E-state index >= 15 is 0 Å². The van der Waals surface area contributed by atoms with Crippen LogP contribution in [0, 0.1) is 0 Å². The van der Waals surface area contributed by atoms with Crippen molar-refractivity contribution in [2.75, 3.05) is 39.6 Å². The first-order valence-corrected chi connectivity index (χ1v) is 10.9. The van der Waals surface area contributed by atoms with Gasteiger partial charge in [-0.05, 0) is 41.0 Å². The average Bonchev–Trinajstić information content (AvgIpc) is 3.32. The van der Waals surface area contributed by atoms with E-state index in [-0.39, 0.29) is 24.9 Å². The van der Waals surface area contributed by atoms with Crippen molar-refractivity contribution in [3.05, 3.63) is 78.4 Å². The highest BCUT2D eigenvalue weighted by atomic mass is 35.5. The third kappa shape index (κ3) is 5.59. The van der Waals surface area contributed by atoms with E-state index in [4.69, 9.17) is 14.2 Å². The first-order chi connectivity index (χ1) is 15.7. The van der Waals surface area contributed by atoms with Gasteiger partial charge in [-0.25, -0.2) is 0 Å². The molecule has 6 nitrogen and oxygen atoms in total.